The second kappa shape index (κ2) is 9.27. The molecule has 0 aliphatic carbocycles. The third-order valence-corrected chi connectivity index (χ3v) is 5.31. The van der Waals surface area contributed by atoms with Crippen LogP contribution in [-0.2, 0) is 11.2 Å². The molecule has 0 bridgehead atoms. The molecule has 7 heteroatoms. The molecule has 1 amide bonds. The summed E-state index contributed by atoms with van der Waals surface area (Å²) in [5, 5.41) is 10.6. The molecular weight excluding hydrogens is 424 g/mol. The monoisotopic (exact) mass is 444 g/mol. The van der Waals surface area contributed by atoms with Crippen molar-refractivity contribution in [1.29, 1.82) is 0 Å². The zero-order valence-electron chi connectivity index (χ0n) is 18.1. The summed E-state index contributed by atoms with van der Waals surface area (Å²) < 4.78 is 1.70. The summed E-state index contributed by atoms with van der Waals surface area (Å²) in [5.41, 5.74) is 5.55. The van der Waals surface area contributed by atoms with Crippen molar-refractivity contribution in [2.75, 3.05) is 10.6 Å². The minimum atomic E-state index is -0.0530. The molecule has 0 aliphatic rings. The summed E-state index contributed by atoms with van der Waals surface area (Å²) in [6.45, 7) is 7.30. The number of fused-ring (bicyclic) bond motifs is 1. The molecule has 2 N–H and O–H groups in total. The Bertz CT molecular complexity index is 1500. The van der Waals surface area contributed by atoms with E-state index in [0.717, 1.165) is 22.4 Å². The van der Waals surface area contributed by atoms with Crippen molar-refractivity contribution in [2.45, 2.75) is 6.42 Å². The Balaban J connectivity index is 1.30. The molecule has 5 aromatic rings. The highest BCUT2D eigenvalue weighted by Crippen LogP contribution is 2.27. The Morgan fingerprint density at radius 1 is 0.882 bits per heavy atom. The molecule has 0 unspecified atom stereocenters. The Hall–Kier alpha value is -4.96. The molecule has 0 saturated heterocycles. The minimum absolute atomic E-state index is 0.0530. The fourth-order valence-electron chi connectivity index (χ4n) is 3.64. The van der Waals surface area contributed by atoms with Gasteiger partial charge in [-0.2, -0.15) is 4.98 Å². The molecule has 0 radical (unpaired) electrons. The number of benzene rings is 3. The van der Waals surface area contributed by atoms with Crippen LogP contribution in [0.2, 0.25) is 0 Å². The van der Waals surface area contributed by atoms with E-state index in [1.165, 1.54) is 0 Å². The Labute approximate surface area is 196 Å². The summed E-state index contributed by atoms with van der Waals surface area (Å²) in [7, 11) is 0. The molecule has 0 saturated carbocycles. The molecule has 0 atom stereocenters. The number of nitrogens with one attached hydrogen (secondary N) is 2. The summed E-state index contributed by atoms with van der Waals surface area (Å²) in [5.74, 6) is 0.368. The zero-order valence-corrected chi connectivity index (χ0v) is 18.1. The van der Waals surface area contributed by atoms with Gasteiger partial charge in [0.15, 0.2) is 5.65 Å². The number of para-hydroxylation sites is 2. The number of aromatic nitrogens is 3. The standard InChI is InChI=1S/C27H20N6O/c1-28-23-9-5-6-10-24(23)30-27-31-25-16-13-21(18-33(25)32-27)20-11-14-22(15-12-20)29-26(34)17-19-7-3-2-4-8-19/h2-16,18H,17H2,(H,29,34)(H,30,32). The van der Waals surface area contributed by atoms with Crippen molar-refractivity contribution < 1.29 is 4.79 Å². The Morgan fingerprint density at radius 3 is 2.41 bits per heavy atom. The number of amides is 1. The summed E-state index contributed by atoms with van der Waals surface area (Å²) in [6.07, 6.45) is 2.24. The van der Waals surface area contributed by atoms with Crippen LogP contribution in [0.25, 0.3) is 21.6 Å². The van der Waals surface area contributed by atoms with Gasteiger partial charge in [0.05, 0.1) is 13.0 Å². The van der Waals surface area contributed by atoms with E-state index in [2.05, 4.69) is 25.6 Å². The number of pyridine rings is 1. The molecule has 0 aliphatic heterocycles. The topological polar surface area (TPSA) is 75.7 Å². The Kier molecular flexibility index (Phi) is 5.70. The number of carbonyl (C=O) groups excluding carboxylic acids is 1. The van der Waals surface area contributed by atoms with Crippen LogP contribution in [0.5, 0.6) is 0 Å². The van der Waals surface area contributed by atoms with E-state index in [9.17, 15) is 4.79 Å². The second-order valence-corrected chi connectivity index (χ2v) is 7.70. The number of nitrogens with zero attached hydrogens (tertiary/aromatic N) is 4. The van der Waals surface area contributed by atoms with Crippen molar-refractivity contribution in [3.05, 3.63) is 114 Å². The molecule has 5 rings (SSSR count). The van der Waals surface area contributed by atoms with Gasteiger partial charge in [-0.15, -0.1) is 5.10 Å². The lowest BCUT2D eigenvalue weighted by Crippen LogP contribution is -2.14. The lowest BCUT2D eigenvalue weighted by atomic mass is 10.1. The SMILES string of the molecule is [C-]#[N+]c1ccccc1Nc1nc2ccc(-c3ccc(NC(=O)Cc4ccccc4)cc3)cn2n1. The quantitative estimate of drug-likeness (QED) is 0.321. The lowest BCUT2D eigenvalue weighted by Gasteiger charge is -2.07. The van der Waals surface area contributed by atoms with Gasteiger partial charge in [-0.1, -0.05) is 60.7 Å². The molecule has 0 spiro atoms. The Morgan fingerprint density at radius 2 is 1.62 bits per heavy atom. The van der Waals surface area contributed by atoms with E-state index in [-0.39, 0.29) is 5.91 Å². The van der Waals surface area contributed by atoms with Gasteiger partial charge >= 0.3 is 0 Å². The highest BCUT2D eigenvalue weighted by molar-refractivity contribution is 5.92. The van der Waals surface area contributed by atoms with Crippen molar-refractivity contribution >= 4 is 34.6 Å². The first kappa shape index (κ1) is 20.9. The number of hydrogen-bond acceptors (Lipinski definition) is 4. The van der Waals surface area contributed by atoms with Gasteiger partial charge in [0.25, 0.3) is 0 Å². The molecule has 34 heavy (non-hydrogen) atoms. The average molecular weight is 444 g/mol. The van der Waals surface area contributed by atoms with Crippen molar-refractivity contribution in [3.8, 4) is 11.1 Å². The van der Waals surface area contributed by atoms with Crippen LogP contribution in [0.4, 0.5) is 23.0 Å². The minimum Gasteiger partial charge on any atom is -0.332 e. The van der Waals surface area contributed by atoms with E-state index in [1.54, 1.807) is 10.6 Å². The van der Waals surface area contributed by atoms with E-state index in [4.69, 9.17) is 6.57 Å². The predicted molar refractivity (Wildman–Crippen MR) is 133 cm³/mol. The number of hydrogen-bond donors (Lipinski definition) is 2. The molecular formula is C27H20N6O. The summed E-state index contributed by atoms with van der Waals surface area (Å²) in [4.78, 5) is 20.3. The van der Waals surface area contributed by atoms with E-state index < -0.39 is 0 Å². The van der Waals surface area contributed by atoms with Gasteiger partial charge in [-0.3, -0.25) is 4.79 Å². The molecule has 2 heterocycles. The van der Waals surface area contributed by atoms with E-state index in [1.807, 2.05) is 91.1 Å². The smallest absolute Gasteiger partial charge is 0.246 e. The van der Waals surface area contributed by atoms with Gasteiger partial charge < -0.3 is 10.6 Å². The fourth-order valence-corrected chi connectivity index (χ4v) is 3.64. The maximum absolute atomic E-state index is 12.3. The van der Waals surface area contributed by atoms with Crippen LogP contribution in [0.15, 0.2) is 97.2 Å². The normalized spacial score (nSPS) is 10.6. The second-order valence-electron chi connectivity index (χ2n) is 7.70. The predicted octanol–water partition coefficient (Wildman–Crippen LogP) is 5.87. The van der Waals surface area contributed by atoms with Crippen LogP contribution in [0, 0.1) is 6.57 Å². The first-order chi connectivity index (χ1) is 16.7. The van der Waals surface area contributed by atoms with Crippen LogP contribution >= 0.6 is 0 Å². The van der Waals surface area contributed by atoms with Gasteiger partial charge in [0.1, 0.15) is 0 Å². The molecule has 7 nitrogen and oxygen atoms in total. The molecule has 164 valence electrons. The third kappa shape index (κ3) is 4.61. The maximum Gasteiger partial charge on any atom is 0.246 e. The highest BCUT2D eigenvalue weighted by atomic mass is 16.1. The molecule has 3 aromatic carbocycles. The lowest BCUT2D eigenvalue weighted by molar-refractivity contribution is -0.115. The first-order valence-electron chi connectivity index (χ1n) is 10.7. The summed E-state index contributed by atoms with van der Waals surface area (Å²) >= 11 is 0. The van der Waals surface area contributed by atoms with Gasteiger partial charge in [-0.25, -0.2) is 9.36 Å². The molecule has 2 aromatic heterocycles. The van der Waals surface area contributed by atoms with Gasteiger partial charge in [0, 0.05) is 23.1 Å². The van der Waals surface area contributed by atoms with Gasteiger partial charge in [0.2, 0.25) is 17.5 Å². The first-order valence-corrected chi connectivity index (χ1v) is 10.7. The maximum atomic E-state index is 12.3. The number of rotatable bonds is 6. The third-order valence-electron chi connectivity index (χ3n) is 5.31. The van der Waals surface area contributed by atoms with E-state index >= 15 is 0 Å². The van der Waals surface area contributed by atoms with Crippen molar-refractivity contribution in [2.24, 2.45) is 0 Å². The van der Waals surface area contributed by atoms with Crippen molar-refractivity contribution in [3.63, 3.8) is 0 Å². The average Bonchev–Trinajstić information content (AvgIpc) is 3.27. The van der Waals surface area contributed by atoms with Crippen LogP contribution < -0.4 is 10.6 Å². The van der Waals surface area contributed by atoms with Crippen molar-refractivity contribution in [1.82, 2.24) is 14.6 Å². The molecule has 0 fully saturated rings. The summed E-state index contributed by atoms with van der Waals surface area (Å²) in [6, 6.07) is 28.5. The van der Waals surface area contributed by atoms with Crippen LogP contribution in [-0.4, -0.2) is 20.5 Å². The highest BCUT2D eigenvalue weighted by Gasteiger charge is 2.09. The number of anilines is 3. The van der Waals surface area contributed by atoms with E-state index in [0.29, 0.717) is 29.4 Å². The largest absolute Gasteiger partial charge is 0.332 e. The fraction of sp³-hybridized carbons (Fsp3) is 0.0370. The van der Waals surface area contributed by atoms with Crippen LogP contribution in [0.1, 0.15) is 5.56 Å². The van der Waals surface area contributed by atoms with Crippen LogP contribution in [0.3, 0.4) is 0 Å². The number of carbonyl (C=O) groups is 1. The van der Waals surface area contributed by atoms with Gasteiger partial charge in [-0.05, 0) is 41.5 Å². The zero-order chi connectivity index (χ0) is 23.3.